The summed E-state index contributed by atoms with van der Waals surface area (Å²) >= 11 is 0. The van der Waals surface area contributed by atoms with Gasteiger partial charge in [0.25, 0.3) is 5.91 Å². The number of fused-ring (bicyclic) bond motifs is 2. The van der Waals surface area contributed by atoms with Gasteiger partial charge in [-0.1, -0.05) is 54.6 Å². The minimum Gasteiger partial charge on any atom is -0.334 e. The van der Waals surface area contributed by atoms with Crippen LogP contribution in [0.1, 0.15) is 23.1 Å². The second kappa shape index (κ2) is 7.38. The highest BCUT2D eigenvalue weighted by molar-refractivity contribution is 6.10. The molecule has 0 radical (unpaired) electrons. The highest BCUT2D eigenvalue weighted by Gasteiger charge is 2.55. The maximum absolute atomic E-state index is 13.0. The molecule has 148 valence electrons. The molecular weight excluding hydrogens is 372 g/mol. The Kier molecular flexibility index (Phi) is 4.75. The van der Waals surface area contributed by atoms with Crippen LogP contribution in [0.25, 0.3) is 0 Å². The van der Waals surface area contributed by atoms with Crippen molar-refractivity contribution in [2.24, 2.45) is 0 Å². The first-order chi connectivity index (χ1) is 14.0. The summed E-state index contributed by atoms with van der Waals surface area (Å²) in [6.07, 6.45) is 1.12. The number of aryl methyl sites for hydroxylation is 1. The molecule has 0 aromatic heterocycles. The van der Waals surface area contributed by atoms with Crippen molar-refractivity contribution in [1.82, 2.24) is 20.9 Å². The van der Waals surface area contributed by atoms with E-state index in [2.05, 4.69) is 16.0 Å². The summed E-state index contributed by atoms with van der Waals surface area (Å²) < 4.78 is 0. The van der Waals surface area contributed by atoms with Crippen LogP contribution in [0.15, 0.2) is 54.6 Å². The van der Waals surface area contributed by atoms with E-state index in [1.54, 1.807) is 0 Å². The van der Waals surface area contributed by atoms with Crippen molar-refractivity contribution >= 4 is 23.9 Å². The summed E-state index contributed by atoms with van der Waals surface area (Å²) in [5, 5.41) is 7.46. The van der Waals surface area contributed by atoms with Gasteiger partial charge in [-0.2, -0.15) is 0 Å². The van der Waals surface area contributed by atoms with Gasteiger partial charge in [-0.05, 0) is 29.5 Å². The largest absolute Gasteiger partial charge is 0.334 e. The first-order valence-electron chi connectivity index (χ1n) is 9.34. The van der Waals surface area contributed by atoms with Crippen LogP contribution < -0.4 is 16.0 Å². The second-order valence-corrected chi connectivity index (χ2v) is 7.10. The van der Waals surface area contributed by atoms with E-state index >= 15 is 0 Å². The van der Waals surface area contributed by atoms with Crippen molar-refractivity contribution in [3.05, 3.63) is 71.3 Å². The Morgan fingerprint density at radius 1 is 1.03 bits per heavy atom. The van der Waals surface area contributed by atoms with Gasteiger partial charge in [-0.15, -0.1) is 0 Å². The summed E-state index contributed by atoms with van der Waals surface area (Å²) in [4.78, 5) is 50.4. The molecule has 1 spiro atoms. The molecule has 8 heteroatoms. The molecule has 1 aliphatic heterocycles. The zero-order chi connectivity index (χ0) is 20.4. The molecule has 2 aromatic rings. The van der Waals surface area contributed by atoms with Gasteiger partial charge < -0.3 is 10.6 Å². The SMILES string of the molecule is O=C(CN1C(=O)N[C@@]2(CCc3ccccc32)C1=O)NC(=O)NCc1ccccc1. The number of benzene rings is 2. The Morgan fingerprint density at radius 3 is 2.55 bits per heavy atom. The number of nitrogens with zero attached hydrogens (tertiary/aromatic N) is 1. The van der Waals surface area contributed by atoms with Crippen LogP contribution >= 0.6 is 0 Å². The molecule has 1 heterocycles. The fourth-order valence-electron chi connectivity index (χ4n) is 3.87. The lowest BCUT2D eigenvalue weighted by Crippen LogP contribution is -2.47. The lowest BCUT2D eigenvalue weighted by atomic mass is 9.92. The number of imide groups is 2. The van der Waals surface area contributed by atoms with E-state index in [0.717, 1.165) is 21.6 Å². The Hall–Kier alpha value is -3.68. The Bertz CT molecular complexity index is 991. The lowest BCUT2D eigenvalue weighted by molar-refractivity contribution is -0.135. The van der Waals surface area contributed by atoms with Crippen LogP contribution in [-0.2, 0) is 28.1 Å². The van der Waals surface area contributed by atoms with Gasteiger partial charge in [0.2, 0.25) is 5.91 Å². The summed E-state index contributed by atoms with van der Waals surface area (Å²) in [7, 11) is 0. The molecule has 2 aliphatic rings. The highest BCUT2D eigenvalue weighted by atomic mass is 16.2. The average Bonchev–Trinajstić information content (AvgIpc) is 3.21. The minimum absolute atomic E-state index is 0.253. The van der Waals surface area contributed by atoms with Crippen molar-refractivity contribution in [2.75, 3.05) is 6.54 Å². The molecule has 29 heavy (non-hydrogen) atoms. The topological polar surface area (TPSA) is 108 Å². The molecule has 1 saturated heterocycles. The van der Waals surface area contributed by atoms with E-state index in [0.29, 0.717) is 12.8 Å². The van der Waals surface area contributed by atoms with Crippen molar-refractivity contribution < 1.29 is 19.2 Å². The number of hydrogen-bond donors (Lipinski definition) is 3. The third-order valence-corrected chi connectivity index (χ3v) is 5.27. The predicted molar refractivity (Wildman–Crippen MR) is 104 cm³/mol. The molecule has 4 rings (SSSR count). The zero-order valence-corrected chi connectivity index (χ0v) is 15.6. The van der Waals surface area contributed by atoms with Crippen molar-refractivity contribution in [2.45, 2.75) is 24.9 Å². The molecule has 0 unspecified atom stereocenters. The summed E-state index contributed by atoms with van der Waals surface area (Å²) in [5.41, 5.74) is 1.53. The minimum atomic E-state index is -1.12. The first kappa shape index (κ1) is 18.7. The molecule has 6 amide bonds. The quantitative estimate of drug-likeness (QED) is 0.684. The van der Waals surface area contributed by atoms with Crippen molar-refractivity contribution in [3.8, 4) is 0 Å². The summed E-state index contributed by atoms with van der Waals surface area (Å²) in [6, 6.07) is 15.4. The molecule has 0 bridgehead atoms. The van der Waals surface area contributed by atoms with Gasteiger partial charge in [0.1, 0.15) is 12.1 Å². The molecule has 1 fully saturated rings. The third-order valence-electron chi connectivity index (χ3n) is 5.27. The van der Waals surface area contributed by atoms with E-state index in [1.807, 2.05) is 54.6 Å². The number of carbonyl (C=O) groups is 4. The fraction of sp³-hybridized carbons (Fsp3) is 0.238. The maximum atomic E-state index is 13.0. The molecular formula is C21H20N4O4. The molecule has 8 nitrogen and oxygen atoms in total. The second-order valence-electron chi connectivity index (χ2n) is 7.10. The Morgan fingerprint density at radius 2 is 1.76 bits per heavy atom. The van der Waals surface area contributed by atoms with Crippen molar-refractivity contribution in [3.63, 3.8) is 0 Å². The summed E-state index contributed by atoms with van der Waals surface area (Å²) in [6.45, 7) is -0.268. The van der Waals surface area contributed by atoms with Crippen LogP contribution in [0.3, 0.4) is 0 Å². The summed E-state index contributed by atoms with van der Waals surface area (Å²) in [5.74, 6) is -1.20. The van der Waals surface area contributed by atoms with Gasteiger partial charge in [0.05, 0.1) is 0 Å². The van der Waals surface area contributed by atoms with Crippen LogP contribution in [0.4, 0.5) is 9.59 Å². The number of urea groups is 2. The zero-order valence-electron chi connectivity index (χ0n) is 15.6. The standard InChI is InChI=1S/C21H20N4O4/c26-17(23-19(28)22-12-14-6-2-1-3-7-14)13-25-18(27)21(24-20(25)29)11-10-15-8-4-5-9-16(15)21/h1-9H,10-13H2,(H,24,29)(H2,22,23,26,28)/t21-/m1/s1. The van der Waals surface area contributed by atoms with Crippen molar-refractivity contribution in [1.29, 1.82) is 0 Å². The third kappa shape index (κ3) is 3.44. The lowest BCUT2D eigenvalue weighted by Gasteiger charge is -2.22. The van der Waals surface area contributed by atoms with E-state index in [1.165, 1.54) is 0 Å². The molecule has 3 N–H and O–H groups in total. The fourth-order valence-corrected chi connectivity index (χ4v) is 3.87. The maximum Gasteiger partial charge on any atom is 0.325 e. The smallest absolute Gasteiger partial charge is 0.325 e. The molecule has 1 atom stereocenters. The number of amides is 6. The van der Waals surface area contributed by atoms with Crippen LogP contribution in [0, 0.1) is 0 Å². The van der Waals surface area contributed by atoms with Gasteiger partial charge in [-0.25, -0.2) is 9.59 Å². The highest BCUT2D eigenvalue weighted by Crippen LogP contribution is 2.41. The van der Waals surface area contributed by atoms with Crippen LogP contribution in [0.5, 0.6) is 0 Å². The van der Waals surface area contributed by atoms with Gasteiger partial charge in [0.15, 0.2) is 0 Å². The number of hydrogen-bond acceptors (Lipinski definition) is 4. The van der Waals surface area contributed by atoms with E-state index in [4.69, 9.17) is 0 Å². The van der Waals surface area contributed by atoms with Gasteiger partial charge >= 0.3 is 12.1 Å². The normalized spacial score (nSPS) is 19.8. The average molecular weight is 392 g/mol. The first-order valence-corrected chi connectivity index (χ1v) is 9.34. The number of carbonyl (C=O) groups excluding carboxylic acids is 4. The molecule has 0 saturated carbocycles. The van der Waals surface area contributed by atoms with E-state index in [9.17, 15) is 19.2 Å². The van der Waals surface area contributed by atoms with E-state index in [-0.39, 0.29) is 6.54 Å². The number of rotatable bonds is 4. The predicted octanol–water partition coefficient (Wildman–Crippen LogP) is 1.41. The van der Waals surface area contributed by atoms with Gasteiger partial charge in [-0.3, -0.25) is 19.8 Å². The van der Waals surface area contributed by atoms with Crippen LogP contribution in [0.2, 0.25) is 0 Å². The monoisotopic (exact) mass is 392 g/mol. The molecule has 1 aliphatic carbocycles. The Labute approximate surface area is 167 Å². The Balaban J connectivity index is 1.37. The van der Waals surface area contributed by atoms with E-state index < -0.39 is 36.0 Å². The number of nitrogens with one attached hydrogen (secondary N) is 3. The van der Waals surface area contributed by atoms with Crippen LogP contribution in [-0.4, -0.2) is 35.3 Å². The van der Waals surface area contributed by atoms with Gasteiger partial charge in [0, 0.05) is 6.54 Å². The molecule has 2 aromatic carbocycles.